The van der Waals surface area contributed by atoms with E-state index in [-0.39, 0.29) is 0 Å². The second-order valence-electron chi connectivity index (χ2n) is 33.8. The summed E-state index contributed by atoms with van der Waals surface area (Å²) < 4.78 is 0. The first-order chi connectivity index (χ1) is 47.9. The van der Waals surface area contributed by atoms with Gasteiger partial charge < -0.3 is 0 Å². The van der Waals surface area contributed by atoms with Crippen LogP contribution in [0.1, 0.15) is 582 Å². The molecule has 0 rings (SSSR count). The van der Waals surface area contributed by atoms with Gasteiger partial charge in [0, 0.05) is 0 Å². The SMILES string of the molecule is CCC.CCC(C)C.CCC(C)C.CCC(C)C(C)CC.CCC(C)CC(C)C.CCC(CC)CC.CCCC.CCCC(C)C.CCCC(C)CC.CCCC(C)CC.CCCC(C)CC.CCCC(C)CC.CCCC(C)CCC.CCCC(CC)CC.CCCCC.CCCCC(C)C. The molecule has 102 heavy (non-hydrogen) atoms. The minimum Gasteiger partial charge on any atom is -0.0656 e. The Kier molecular flexibility index (Phi) is 193. The highest BCUT2D eigenvalue weighted by molar-refractivity contribution is 4.57. The summed E-state index contributed by atoms with van der Waals surface area (Å²) in [5.74, 6) is 14.0. The van der Waals surface area contributed by atoms with Gasteiger partial charge in [-0.2, -0.15) is 0 Å². The van der Waals surface area contributed by atoms with Crippen LogP contribution in [0.5, 0.6) is 0 Å². The van der Waals surface area contributed by atoms with Gasteiger partial charge in [0.2, 0.25) is 0 Å². The van der Waals surface area contributed by atoms with Gasteiger partial charge in [-0.15, -0.1) is 0 Å². The molecule has 0 fully saturated rings. The summed E-state index contributed by atoms with van der Waals surface area (Å²) in [6.07, 6.45) is 54.2. The molecule has 0 saturated carbocycles. The number of hydrogen-bond donors (Lipinski definition) is 0. The molecule has 0 aliphatic rings. The fourth-order valence-corrected chi connectivity index (χ4v) is 9.21. The van der Waals surface area contributed by atoms with E-state index in [1.165, 1.54) is 257 Å². The van der Waals surface area contributed by atoms with Crippen molar-refractivity contribution in [3.63, 3.8) is 0 Å². The van der Waals surface area contributed by atoms with Gasteiger partial charge in [-0.3, -0.25) is 0 Å². The van der Waals surface area contributed by atoms with Crippen LogP contribution in [0.25, 0.3) is 0 Å². The van der Waals surface area contributed by atoms with Crippen LogP contribution in [0.3, 0.4) is 0 Å². The second-order valence-corrected chi connectivity index (χ2v) is 33.8. The topological polar surface area (TPSA) is 0 Å². The highest BCUT2D eigenvalue weighted by atomic mass is 14.1. The predicted octanol–water partition coefficient (Wildman–Crippen LogP) is 41.6. The van der Waals surface area contributed by atoms with Crippen molar-refractivity contribution in [3.8, 4) is 0 Å². The molecule has 0 N–H and O–H groups in total. The van der Waals surface area contributed by atoms with E-state index in [4.69, 9.17) is 0 Å². The Hall–Kier alpha value is 0. The van der Waals surface area contributed by atoms with E-state index in [0.717, 1.165) is 88.8 Å². The van der Waals surface area contributed by atoms with Crippen molar-refractivity contribution in [2.24, 2.45) is 88.8 Å². The fraction of sp³-hybridized carbons (Fsp3) is 1.00. The van der Waals surface area contributed by atoms with Crippen LogP contribution in [0.2, 0.25) is 0 Å². The lowest BCUT2D eigenvalue weighted by Gasteiger charge is -2.14. The van der Waals surface area contributed by atoms with Gasteiger partial charge in [-0.1, -0.05) is 576 Å². The lowest BCUT2D eigenvalue weighted by Crippen LogP contribution is -2.04. The van der Waals surface area contributed by atoms with Gasteiger partial charge >= 0.3 is 0 Å². The van der Waals surface area contributed by atoms with E-state index in [9.17, 15) is 0 Å². The third kappa shape index (κ3) is 218. The first kappa shape index (κ1) is 141. The highest BCUT2D eigenvalue weighted by Gasteiger charge is 2.06. The quantitative estimate of drug-likeness (QED) is 0.0575. The Labute approximate surface area is 667 Å². The third-order valence-electron chi connectivity index (χ3n) is 19.7. The molecule has 0 aromatic heterocycles. The van der Waals surface area contributed by atoms with E-state index < -0.39 is 0 Å². The zero-order valence-electron chi connectivity index (χ0n) is 83.9. The maximum atomic E-state index is 2.34. The third-order valence-corrected chi connectivity index (χ3v) is 19.7. The van der Waals surface area contributed by atoms with Crippen molar-refractivity contribution in [2.45, 2.75) is 582 Å². The standard InChI is InChI=1S/4C8H18.6C7H16.C6H14.3C5H12.C4H10.C3H8/c1-5-8(4)6-7(2)3;1-5-7(3)8(4)6-2;1-4-6-8(3)7-5-2;1-4-7-8(5-2)6-3;1-4-5-6-7(2)3;4*1-4-6-7(3)5-2;1-4-7(5-2)6-3;1-4-5-6(2)3;2*1-4-5(2)3;1-3-5-4-2;1-3-4-2;1-3-2/h2*7-8H,5-6H2,1-4H3;2*8H,4-7H2,1-3H3;6*7H,4-6H2,1-3H3;6H,4-5H2,1-3H3;2*5H,4H2,1-3H3;3-5H2,1-2H3;3-4H2,1-2H3;3H2,1-2H3. The Balaban J connectivity index is -0.0000000555. The average molecular weight is 1460 g/mol. The molecule has 0 aromatic carbocycles. The van der Waals surface area contributed by atoms with Gasteiger partial charge in [0.25, 0.3) is 0 Å². The first-order valence-corrected chi connectivity index (χ1v) is 47.9. The zero-order chi connectivity index (χ0) is 83.9. The number of unbranched alkanes of at least 4 members (excludes halogenated alkanes) is 4. The maximum Gasteiger partial charge on any atom is -0.0420 e. The monoisotopic (exact) mass is 1460 g/mol. The smallest absolute Gasteiger partial charge is 0.0420 e. The van der Waals surface area contributed by atoms with E-state index in [1.54, 1.807) is 0 Å². The van der Waals surface area contributed by atoms with Gasteiger partial charge in [-0.25, -0.2) is 0 Å². The minimum absolute atomic E-state index is 0.880. The first-order valence-electron chi connectivity index (χ1n) is 47.9. The zero-order valence-corrected chi connectivity index (χ0v) is 83.9. The molecule has 0 amide bonds. The van der Waals surface area contributed by atoms with E-state index in [1.807, 2.05) is 0 Å². The van der Waals surface area contributed by atoms with Crippen molar-refractivity contribution in [1.82, 2.24) is 0 Å². The van der Waals surface area contributed by atoms with Crippen LogP contribution in [0.4, 0.5) is 0 Å². The summed E-state index contributed by atoms with van der Waals surface area (Å²) in [5.41, 5.74) is 0. The van der Waals surface area contributed by atoms with Crippen molar-refractivity contribution in [2.75, 3.05) is 0 Å². The van der Waals surface area contributed by atoms with Crippen LogP contribution < -0.4 is 0 Å². The highest BCUT2D eigenvalue weighted by Crippen LogP contribution is 2.18. The summed E-state index contributed by atoms with van der Waals surface area (Å²) >= 11 is 0. The van der Waals surface area contributed by atoms with Crippen molar-refractivity contribution in [1.29, 1.82) is 0 Å². The van der Waals surface area contributed by atoms with Crippen LogP contribution in [0.15, 0.2) is 0 Å². The van der Waals surface area contributed by atoms with Crippen molar-refractivity contribution in [3.05, 3.63) is 0 Å². The molecule has 0 aliphatic heterocycles. The molecule has 7 unspecified atom stereocenters. The Bertz CT molecular complexity index is 988. The molecule has 0 heteroatoms. The normalized spacial score (nSPS) is 11.9. The van der Waals surface area contributed by atoms with Gasteiger partial charge in [0.15, 0.2) is 0 Å². The Morgan fingerprint density at radius 2 is 0.363 bits per heavy atom. The summed E-state index contributed by atoms with van der Waals surface area (Å²) in [5, 5.41) is 0. The predicted molar refractivity (Wildman–Crippen MR) is 504 cm³/mol. The van der Waals surface area contributed by atoms with Gasteiger partial charge in [0.1, 0.15) is 0 Å². The molecule has 0 bridgehead atoms. The van der Waals surface area contributed by atoms with E-state index in [0.29, 0.717) is 0 Å². The summed E-state index contributed by atoms with van der Waals surface area (Å²) in [6, 6.07) is 0. The van der Waals surface area contributed by atoms with E-state index in [2.05, 4.69) is 325 Å². The largest absolute Gasteiger partial charge is 0.0656 e. The molecule has 0 saturated heterocycles. The summed E-state index contributed by atoms with van der Waals surface area (Å²) in [6.45, 7) is 106. The molecule has 644 valence electrons. The Morgan fingerprint density at radius 3 is 0.431 bits per heavy atom. The fourth-order valence-electron chi connectivity index (χ4n) is 9.21. The molecule has 0 heterocycles. The molecule has 0 radical (unpaired) electrons. The lowest BCUT2D eigenvalue weighted by atomic mass is 9.92. The summed E-state index contributed by atoms with van der Waals surface area (Å²) in [7, 11) is 0. The van der Waals surface area contributed by atoms with E-state index >= 15 is 0 Å². The van der Waals surface area contributed by atoms with Crippen LogP contribution in [-0.4, -0.2) is 0 Å². The summed E-state index contributed by atoms with van der Waals surface area (Å²) in [4.78, 5) is 0. The number of hydrogen-bond acceptors (Lipinski definition) is 0. The molecule has 0 aliphatic carbocycles. The molecule has 7 atom stereocenters. The minimum atomic E-state index is 0.880. The van der Waals surface area contributed by atoms with Crippen LogP contribution in [0, 0.1) is 88.8 Å². The molecule has 0 aromatic rings. The van der Waals surface area contributed by atoms with Crippen LogP contribution >= 0.6 is 0 Å². The molecule has 0 spiro atoms. The molecule has 0 nitrogen and oxygen atoms in total. The maximum absolute atomic E-state index is 2.34. The average Bonchev–Trinajstić information content (AvgIpc) is 1.66. The van der Waals surface area contributed by atoms with Crippen molar-refractivity contribution < 1.29 is 0 Å². The van der Waals surface area contributed by atoms with Gasteiger partial charge in [0.05, 0.1) is 0 Å². The lowest BCUT2D eigenvalue weighted by molar-refractivity contribution is 0.367. The number of rotatable bonds is 39. The Morgan fingerprint density at radius 1 is 0.147 bits per heavy atom. The van der Waals surface area contributed by atoms with Crippen LogP contribution in [-0.2, 0) is 0 Å². The van der Waals surface area contributed by atoms with Gasteiger partial charge in [-0.05, 0) is 95.2 Å². The molecular formula is C102H236. The van der Waals surface area contributed by atoms with Crippen molar-refractivity contribution >= 4 is 0 Å². The second kappa shape index (κ2) is 140. The molecular weight excluding hydrogens is 1230 g/mol.